The highest BCUT2D eigenvalue weighted by atomic mass is 127. The van der Waals surface area contributed by atoms with Gasteiger partial charge in [-0.15, -0.1) is 24.0 Å². The van der Waals surface area contributed by atoms with Crippen molar-refractivity contribution in [1.29, 1.82) is 0 Å². The third-order valence-electron chi connectivity index (χ3n) is 4.00. The third-order valence-corrected chi connectivity index (χ3v) is 4.25. The number of benzene rings is 2. The molecule has 0 radical (unpaired) electrons. The highest BCUT2D eigenvalue weighted by molar-refractivity contribution is 14.0. The second-order valence-electron chi connectivity index (χ2n) is 6.03. The van der Waals surface area contributed by atoms with Crippen LogP contribution in [0.5, 0.6) is 0 Å². The fourth-order valence-electron chi connectivity index (χ4n) is 2.65. The summed E-state index contributed by atoms with van der Waals surface area (Å²) in [5.41, 5.74) is 3.35. The first kappa shape index (κ1) is 22.2. The Kier molecular flexibility index (Phi) is 9.22. The van der Waals surface area contributed by atoms with Crippen LogP contribution >= 0.6 is 35.6 Å². The zero-order chi connectivity index (χ0) is 18.9. The van der Waals surface area contributed by atoms with Gasteiger partial charge < -0.3 is 10.6 Å². The molecule has 1 heterocycles. The normalized spacial score (nSPS) is 11.0. The molecule has 3 N–H and O–H groups in total. The van der Waals surface area contributed by atoms with E-state index in [1.54, 1.807) is 0 Å². The van der Waals surface area contributed by atoms with Crippen LogP contribution in [0.4, 0.5) is 0 Å². The fraction of sp³-hybridized carbons (Fsp3) is 0.250. The van der Waals surface area contributed by atoms with E-state index in [2.05, 4.69) is 49.9 Å². The Morgan fingerprint density at radius 3 is 2.64 bits per heavy atom. The lowest BCUT2D eigenvalue weighted by molar-refractivity contribution is 0.799. The number of nitrogens with zero attached hydrogens (tertiary/aromatic N) is 3. The third kappa shape index (κ3) is 6.79. The number of aromatic amines is 1. The van der Waals surface area contributed by atoms with Crippen molar-refractivity contribution in [2.75, 3.05) is 13.1 Å². The Morgan fingerprint density at radius 1 is 1.11 bits per heavy atom. The number of aromatic nitrogens is 3. The molecule has 2 aromatic carbocycles. The Morgan fingerprint density at radius 2 is 1.93 bits per heavy atom. The van der Waals surface area contributed by atoms with Crippen molar-refractivity contribution in [3.63, 3.8) is 0 Å². The Bertz CT molecular complexity index is 865. The lowest BCUT2D eigenvalue weighted by Crippen LogP contribution is -2.38. The molecule has 148 valence electrons. The maximum Gasteiger partial charge on any atom is 0.191 e. The lowest BCUT2D eigenvalue weighted by Gasteiger charge is -2.11. The van der Waals surface area contributed by atoms with E-state index in [0.29, 0.717) is 6.54 Å². The van der Waals surface area contributed by atoms with Crippen molar-refractivity contribution in [2.24, 2.45) is 4.99 Å². The van der Waals surface area contributed by atoms with Crippen LogP contribution in [-0.4, -0.2) is 34.2 Å². The van der Waals surface area contributed by atoms with Crippen LogP contribution in [-0.2, 0) is 13.0 Å². The molecule has 6 nitrogen and oxygen atoms in total. The van der Waals surface area contributed by atoms with Crippen LogP contribution in [0.1, 0.15) is 18.1 Å². The van der Waals surface area contributed by atoms with Crippen LogP contribution in [0, 0.1) is 0 Å². The molecule has 0 aliphatic heterocycles. The van der Waals surface area contributed by atoms with Crippen LogP contribution in [0.25, 0.3) is 11.4 Å². The topological polar surface area (TPSA) is 78.0 Å². The summed E-state index contributed by atoms with van der Waals surface area (Å²) in [6, 6.07) is 16.1. The Hall–Kier alpha value is -2.13. The predicted molar refractivity (Wildman–Crippen MR) is 125 cm³/mol. The van der Waals surface area contributed by atoms with E-state index in [1.165, 1.54) is 11.9 Å². The first-order valence-electron chi connectivity index (χ1n) is 8.96. The highest BCUT2D eigenvalue weighted by Crippen LogP contribution is 2.16. The number of guanidine groups is 1. The minimum atomic E-state index is 0. The minimum absolute atomic E-state index is 0. The number of nitrogens with one attached hydrogen (secondary N) is 3. The van der Waals surface area contributed by atoms with E-state index in [1.807, 2.05) is 36.4 Å². The molecule has 0 unspecified atom stereocenters. The van der Waals surface area contributed by atoms with Gasteiger partial charge >= 0.3 is 0 Å². The van der Waals surface area contributed by atoms with Crippen LogP contribution in [0.2, 0.25) is 5.02 Å². The summed E-state index contributed by atoms with van der Waals surface area (Å²) in [5.74, 6) is 1.56. The van der Waals surface area contributed by atoms with Crippen molar-refractivity contribution in [1.82, 2.24) is 25.8 Å². The first-order chi connectivity index (χ1) is 13.2. The molecule has 3 aromatic rings. The minimum Gasteiger partial charge on any atom is -0.357 e. The van der Waals surface area contributed by atoms with Gasteiger partial charge in [0.15, 0.2) is 11.8 Å². The van der Waals surface area contributed by atoms with Crippen LogP contribution in [0.3, 0.4) is 0 Å². The second-order valence-corrected chi connectivity index (χ2v) is 6.47. The van der Waals surface area contributed by atoms with Gasteiger partial charge in [0.1, 0.15) is 6.33 Å². The number of H-pyrrole nitrogens is 1. The molecular weight excluding hydrogens is 487 g/mol. The second kappa shape index (κ2) is 11.7. The molecular formula is C20H24ClIN6. The van der Waals surface area contributed by atoms with Crippen molar-refractivity contribution in [2.45, 2.75) is 19.9 Å². The molecule has 8 heteroatoms. The molecule has 0 saturated heterocycles. The van der Waals surface area contributed by atoms with Gasteiger partial charge in [0, 0.05) is 23.7 Å². The van der Waals surface area contributed by atoms with Crippen molar-refractivity contribution < 1.29 is 0 Å². The van der Waals surface area contributed by atoms with Gasteiger partial charge in [0.25, 0.3) is 0 Å². The summed E-state index contributed by atoms with van der Waals surface area (Å²) < 4.78 is 0. The van der Waals surface area contributed by atoms with E-state index in [9.17, 15) is 0 Å². The van der Waals surface area contributed by atoms with Gasteiger partial charge in [0.2, 0.25) is 0 Å². The molecule has 0 fully saturated rings. The number of hydrogen-bond acceptors (Lipinski definition) is 3. The van der Waals surface area contributed by atoms with E-state index in [4.69, 9.17) is 11.6 Å². The standard InChI is InChI=1S/C20H23ClN6.HI/c1-2-22-20(23-11-10-15-6-8-18(21)9-7-15)24-13-16-4-3-5-17(12-16)19-25-14-26-27-19;/h3-9,12,14H,2,10-11,13H2,1H3,(H2,22,23,24)(H,25,26,27);1H. The molecule has 0 bridgehead atoms. The Balaban J connectivity index is 0.00000280. The molecule has 0 saturated carbocycles. The van der Waals surface area contributed by atoms with Gasteiger partial charge in [0.05, 0.1) is 6.54 Å². The quantitative estimate of drug-likeness (QED) is 0.255. The van der Waals surface area contributed by atoms with Gasteiger partial charge in [-0.2, -0.15) is 5.10 Å². The van der Waals surface area contributed by atoms with E-state index in [-0.39, 0.29) is 24.0 Å². The number of hydrogen-bond donors (Lipinski definition) is 3. The number of rotatable bonds is 7. The largest absolute Gasteiger partial charge is 0.357 e. The molecule has 0 atom stereocenters. The summed E-state index contributed by atoms with van der Waals surface area (Å²) in [7, 11) is 0. The number of aliphatic imine (C=N–C) groups is 1. The average Bonchev–Trinajstić information content (AvgIpc) is 3.23. The molecule has 28 heavy (non-hydrogen) atoms. The average molecular weight is 511 g/mol. The van der Waals surface area contributed by atoms with Gasteiger partial charge in [-0.05, 0) is 42.7 Å². The summed E-state index contributed by atoms with van der Waals surface area (Å²) >= 11 is 5.93. The van der Waals surface area contributed by atoms with Gasteiger partial charge in [-0.1, -0.05) is 41.9 Å². The van der Waals surface area contributed by atoms with E-state index >= 15 is 0 Å². The SMILES string of the molecule is CCNC(=NCc1cccc(-c2ncn[nH]2)c1)NCCc1ccc(Cl)cc1.I. The van der Waals surface area contributed by atoms with Crippen molar-refractivity contribution in [3.05, 3.63) is 71.0 Å². The predicted octanol–water partition coefficient (Wildman–Crippen LogP) is 4.04. The first-order valence-corrected chi connectivity index (χ1v) is 9.33. The summed E-state index contributed by atoms with van der Waals surface area (Å²) in [6.07, 6.45) is 2.41. The van der Waals surface area contributed by atoms with Gasteiger partial charge in [-0.3, -0.25) is 5.10 Å². The zero-order valence-corrected chi connectivity index (χ0v) is 18.7. The summed E-state index contributed by atoms with van der Waals surface area (Å²) in [5, 5.41) is 14.2. The van der Waals surface area contributed by atoms with Crippen molar-refractivity contribution >= 4 is 41.5 Å². The maximum absolute atomic E-state index is 5.93. The van der Waals surface area contributed by atoms with Gasteiger partial charge in [-0.25, -0.2) is 9.98 Å². The lowest BCUT2D eigenvalue weighted by atomic mass is 10.1. The number of halogens is 2. The van der Waals surface area contributed by atoms with E-state index < -0.39 is 0 Å². The fourth-order valence-corrected chi connectivity index (χ4v) is 2.78. The zero-order valence-electron chi connectivity index (χ0n) is 15.7. The smallest absolute Gasteiger partial charge is 0.191 e. The monoisotopic (exact) mass is 510 g/mol. The maximum atomic E-state index is 5.93. The summed E-state index contributed by atoms with van der Waals surface area (Å²) in [6.45, 7) is 4.25. The molecule has 3 rings (SSSR count). The van der Waals surface area contributed by atoms with Crippen LogP contribution < -0.4 is 10.6 Å². The van der Waals surface area contributed by atoms with Crippen molar-refractivity contribution in [3.8, 4) is 11.4 Å². The molecule has 0 spiro atoms. The molecule has 1 aromatic heterocycles. The molecule has 0 aliphatic rings. The summed E-state index contributed by atoms with van der Waals surface area (Å²) in [4.78, 5) is 8.87. The van der Waals surface area contributed by atoms with E-state index in [0.717, 1.165) is 47.4 Å². The molecule has 0 amide bonds. The Labute approximate surface area is 187 Å². The van der Waals surface area contributed by atoms with Crippen LogP contribution in [0.15, 0.2) is 59.9 Å². The molecule has 0 aliphatic carbocycles. The highest BCUT2D eigenvalue weighted by Gasteiger charge is 2.03.